The molecule has 0 saturated carbocycles. The molecule has 2 nitrogen and oxygen atoms in total. The van der Waals surface area contributed by atoms with Gasteiger partial charge in [0, 0.05) is 0 Å². The van der Waals surface area contributed by atoms with Gasteiger partial charge in [-0.25, -0.2) is 0 Å². The van der Waals surface area contributed by atoms with Crippen molar-refractivity contribution in [2.75, 3.05) is 0 Å². The summed E-state index contributed by atoms with van der Waals surface area (Å²) in [6.45, 7) is 0. The van der Waals surface area contributed by atoms with Crippen LogP contribution in [0.4, 0.5) is 0 Å². The third-order valence-electron chi connectivity index (χ3n) is 4.72. The van der Waals surface area contributed by atoms with E-state index in [1.54, 1.807) is 17.4 Å². The maximum absolute atomic E-state index is 13.0. The average molecular weight is 503 g/mol. The first-order chi connectivity index (χ1) is 14.3. The normalized spacial score (nSPS) is 11.4. The van der Waals surface area contributed by atoms with Crippen LogP contribution in [0.25, 0.3) is 6.08 Å². The van der Waals surface area contributed by atoms with Gasteiger partial charge in [0.1, 0.15) is 0 Å². The van der Waals surface area contributed by atoms with E-state index in [0.717, 1.165) is 15.6 Å². The first-order valence-electron chi connectivity index (χ1n) is 9.40. The van der Waals surface area contributed by atoms with Crippen LogP contribution in [-0.2, 0) is 7.87 Å². The van der Waals surface area contributed by atoms with Crippen molar-refractivity contribution >= 4 is 52.9 Å². The summed E-state index contributed by atoms with van der Waals surface area (Å²) < 4.78 is 9.81. The topological polar surface area (TPSA) is 26.3 Å². The van der Waals surface area contributed by atoms with E-state index in [4.69, 9.17) is 3.07 Å². The summed E-state index contributed by atoms with van der Waals surface area (Å²) in [6, 6.07) is 34.6. The number of thiophene rings is 1. The molecule has 0 saturated heterocycles. The summed E-state index contributed by atoms with van der Waals surface area (Å²) in [5.74, 6) is -0.300. The maximum atomic E-state index is 13.0. The second-order valence-corrected chi connectivity index (χ2v) is 16.9. The van der Waals surface area contributed by atoms with Crippen LogP contribution in [0.3, 0.4) is 0 Å². The monoisotopic (exact) mass is 504 g/mol. The summed E-state index contributed by atoms with van der Waals surface area (Å²) in [5, 5.41) is 1.99. The van der Waals surface area contributed by atoms with Gasteiger partial charge in [-0.05, 0) is 0 Å². The molecule has 0 unspecified atom stereocenters. The van der Waals surface area contributed by atoms with E-state index in [0.29, 0.717) is 0 Å². The molecule has 4 rings (SSSR count). The standard InChI is InChI=1S/C7H6O2S.3C6H5.Sn/c8-7(9)4-3-6-2-1-5-10-6;3*1-2-4-6-5-3-1;/h1-5H,(H,8,9);3*1-5H;/q;;;;+1/p-1. The Labute approximate surface area is 179 Å². The first-order valence-corrected chi connectivity index (χ1v) is 15.7. The van der Waals surface area contributed by atoms with E-state index < -0.39 is 18.8 Å². The molecule has 0 spiro atoms. The number of benzene rings is 3. The minimum atomic E-state index is -4.01. The molecule has 4 aromatic rings. The molecule has 0 N–H and O–H groups in total. The molecule has 0 radical (unpaired) electrons. The third-order valence-corrected chi connectivity index (χ3v) is 16.8. The number of rotatable bonds is 6. The fraction of sp³-hybridized carbons (Fsp3) is 0. The average Bonchev–Trinajstić information content (AvgIpc) is 3.32. The van der Waals surface area contributed by atoms with Gasteiger partial charge in [0.05, 0.1) is 0 Å². The zero-order chi connectivity index (χ0) is 19.9. The summed E-state index contributed by atoms with van der Waals surface area (Å²) in [5.41, 5.74) is 0. The fourth-order valence-corrected chi connectivity index (χ4v) is 14.6. The number of hydrogen-bond donors (Lipinski definition) is 0. The van der Waals surface area contributed by atoms with Gasteiger partial charge in [-0.1, -0.05) is 0 Å². The summed E-state index contributed by atoms with van der Waals surface area (Å²) >= 11 is -2.42. The third kappa shape index (κ3) is 4.36. The molecule has 0 bridgehead atoms. The van der Waals surface area contributed by atoms with Crippen molar-refractivity contribution in [3.8, 4) is 0 Å². The van der Waals surface area contributed by atoms with E-state index in [-0.39, 0.29) is 5.97 Å². The van der Waals surface area contributed by atoms with Crippen LogP contribution >= 0.6 is 11.3 Å². The summed E-state index contributed by atoms with van der Waals surface area (Å²) in [4.78, 5) is 14.1. The quantitative estimate of drug-likeness (QED) is 0.294. The molecule has 0 fully saturated rings. The van der Waals surface area contributed by atoms with E-state index in [1.165, 1.54) is 0 Å². The molecule has 3 aromatic carbocycles. The van der Waals surface area contributed by atoms with Crippen molar-refractivity contribution in [2.24, 2.45) is 0 Å². The molecule has 0 aliphatic heterocycles. The second-order valence-electron chi connectivity index (χ2n) is 6.55. The van der Waals surface area contributed by atoms with Gasteiger partial charge in [-0.2, -0.15) is 0 Å². The van der Waals surface area contributed by atoms with Crippen LogP contribution in [0.15, 0.2) is 115 Å². The molecule has 0 aliphatic carbocycles. The van der Waals surface area contributed by atoms with Gasteiger partial charge < -0.3 is 0 Å². The molecule has 0 amide bonds. The van der Waals surface area contributed by atoms with Crippen molar-refractivity contribution in [1.82, 2.24) is 0 Å². The second kappa shape index (κ2) is 9.24. The van der Waals surface area contributed by atoms with Gasteiger partial charge >= 0.3 is 180 Å². The zero-order valence-corrected chi connectivity index (χ0v) is 19.4. The van der Waals surface area contributed by atoms with Gasteiger partial charge in [-0.3, -0.25) is 0 Å². The molecule has 29 heavy (non-hydrogen) atoms. The van der Waals surface area contributed by atoms with Crippen molar-refractivity contribution in [3.05, 3.63) is 119 Å². The van der Waals surface area contributed by atoms with Crippen molar-refractivity contribution in [1.29, 1.82) is 0 Å². The van der Waals surface area contributed by atoms with Crippen LogP contribution in [0, 0.1) is 0 Å². The Hall–Kier alpha value is -2.63. The molecule has 1 heterocycles. The molecule has 0 atom stereocenters. The predicted octanol–water partition coefficient (Wildman–Crippen LogP) is 3.97. The SMILES string of the molecule is O=C(C=Cc1cccs1)[O][Sn]([c]1ccccc1)([c]1ccccc1)[c]1ccccc1. The van der Waals surface area contributed by atoms with Crippen molar-refractivity contribution < 1.29 is 7.87 Å². The summed E-state index contributed by atoms with van der Waals surface area (Å²) in [7, 11) is 0. The Morgan fingerprint density at radius 2 is 1.17 bits per heavy atom. The van der Waals surface area contributed by atoms with E-state index in [1.807, 2.05) is 78.2 Å². The van der Waals surface area contributed by atoms with Crippen molar-refractivity contribution in [2.45, 2.75) is 0 Å². The Bertz CT molecular complexity index is 979. The summed E-state index contributed by atoms with van der Waals surface area (Å²) in [6.07, 6.45) is 3.37. The van der Waals surface area contributed by atoms with Gasteiger partial charge in [0.2, 0.25) is 0 Å². The van der Waals surface area contributed by atoms with Crippen LogP contribution in [0.1, 0.15) is 4.88 Å². The molecule has 142 valence electrons. The molecule has 1 aromatic heterocycles. The minimum absolute atomic E-state index is 0.300. The van der Waals surface area contributed by atoms with Crippen molar-refractivity contribution in [3.63, 3.8) is 0 Å². The van der Waals surface area contributed by atoms with Crippen LogP contribution in [0.5, 0.6) is 0 Å². The van der Waals surface area contributed by atoms with Gasteiger partial charge in [0.15, 0.2) is 0 Å². The Morgan fingerprint density at radius 3 is 1.59 bits per heavy atom. The Morgan fingerprint density at radius 1 is 0.690 bits per heavy atom. The predicted molar refractivity (Wildman–Crippen MR) is 123 cm³/mol. The van der Waals surface area contributed by atoms with Crippen LogP contribution in [-0.4, -0.2) is 24.8 Å². The van der Waals surface area contributed by atoms with E-state index >= 15 is 0 Å². The van der Waals surface area contributed by atoms with E-state index in [9.17, 15) is 4.79 Å². The number of carbonyl (C=O) groups is 1. The van der Waals surface area contributed by atoms with Gasteiger partial charge in [-0.15, -0.1) is 0 Å². The zero-order valence-electron chi connectivity index (χ0n) is 15.8. The van der Waals surface area contributed by atoms with Gasteiger partial charge in [0.25, 0.3) is 0 Å². The van der Waals surface area contributed by atoms with E-state index in [2.05, 4.69) is 36.4 Å². The molecular formula is C25H20O2SSn. The Kier molecular flexibility index (Phi) is 6.27. The fourth-order valence-electron chi connectivity index (χ4n) is 3.42. The number of hydrogen-bond acceptors (Lipinski definition) is 3. The van der Waals surface area contributed by atoms with Crippen LogP contribution in [0.2, 0.25) is 0 Å². The Balaban J connectivity index is 1.85. The first kappa shape index (κ1) is 19.7. The molecule has 0 aliphatic rings. The molecular weight excluding hydrogens is 483 g/mol. The van der Waals surface area contributed by atoms with Crippen LogP contribution < -0.4 is 10.7 Å². The number of carbonyl (C=O) groups excluding carboxylic acids is 1. The molecule has 4 heteroatoms.